The first-order valence-corrected chi connectivity index (χ1v) is 6.96. The van der Waals surface area contributed by atoms with Crippen LogP contribution in [0.5, 0.6) is 0 Å². The molecule has 0 radical (unpaired) electrons. The Labute approximate surface area is 104 Å². The summed E-state index contributed by atoms with van der Waals surface area (Å²) in [4.78, 5) is 11.8. The maximum atomic E-state index is 11.8. The maximum Gasteiger partial charge on any atom is 0.324 e. The number of carbonyl (C=O) groups is 1. The molecule has 0 aromatic rings. The van der Waals surface area contributed by atoms with Gasteiger partial charge in [0.25, 0.3) is 0 Å². The minimum atomic E-state index is -0.199. The van der Waals surface area contributed by atoms with Gasteiger partial charge >= 0.3 is 5.97 Å². The Kier molecular flexibility index (Phi) is 7.85. The predicted octanol–water partition coefficient (Wildman–Crippen LogP) is 2.45. The van der Waals surface area contributed by atoms with Crippen LogP contribution in [0, 0.1) is 0 Å². The molecular formula is C12H25NO2S. The van der Waals surface area contributed by atoms with Crippen LogP contribution in [0.2, 0.25) is 0 Å². The summed E-state index contributed by atoms with van der Waals surface area (Å²) in [7, 11) is 0. The maximum absolute atomic E-state index is 11.8. The summed E-state index contributed by atoms with van der Waals surface area (Å²) in [6, 6.07) is 0.0901. The molecule has 0 bridgehead atoms. The van der Waals surface area contributed by atoms with Crippen LogP contribution < -0.4 is 5.32 Å². The highest BCUT2D eigenvalue weighted by atomic mass is 32.2. The van der Waals surface area contributed by atoms with E-state index < -0.39 is 0 Å². The van der Waals surface area contributed by atoms with Gasteiger partial charge in [0.2, 0.25) is 0 Å². The molecule has 4 heteroatoms. The largest absolute Gasteiger partial charge is 0.462 e. The summed E-state index contributed by atoms with van der Waals surface area (Å²) in [6.07, 6.45) is -0.0481. The Bertz CT molecular complexity index is 205. The molecule has 1 N–H and O–H groups in total. The molecule has 0 aliphatic carbocycles. The average molecular weight is 247 g/mol. The highest BCUT2D eigenvalue weighted by molar-refractivity contribution is 7.99. The Morgan fingerprint density at radius 3 is 2.12 bits per heavy atom. The number of ether oxygens (including phenoxy) is 1. The first-order valence-electron chi connectivity index (χ1n) is 5.91. The van der Waals surface area contributed by atoms with Crippen LogP contribution in [0.15, 0.2) is 0 Å². The standard InChI is InChI=1S/C12H25NO2S/c1-8(2)13-11(7-16-10(5)6)12(14)15-9(3)4/h8-11,13H,7H2,1-6H3/t11-/m0/s1. The van der Waals surface area contributed by atoms with Gasteiger partial charge in [-0.25, -0.2) is 0 Å². The smallest absolute Gasteiger partial charge is 0.324 e. The summed E-state index contributed by atoms with van der Waals surface area (Å²) in [5.74, 6) is 0.623. The second-order valence-electron chi connectivity index (χ2n) is 4.74. The van der Waals surface area contributed by atoms with E-state index in [0.717, 1.165) is 5.75 Å². The molecule has 0 amide bonds. The lowest BCUT2D eigenvalue weighted by Gasteiger charge is -2.21. The van der Waals surface area contributed by atoms with E-state index in [0.29, 0.717) is 5.25 Å². The quantitative estimate of drug-likeness (QED) is 0.701. The zero-order chi connectivity index (χ0) is 12.7. The van der Waals surface area contributed by atoms with E-state index in [1.807, 2.05) is 27.7 Å². The van der Waals surface area contributed by atoms with Crippen molar-refractivity contribution in [1.29, 1.82) is 0 Å². The van der Waals surface area contributed by atoms with E-state index >= 15 is 0 Å². The van der Waals surface area contributed by atoms with Crippen LogP contribution >= 0.6 is 11.8 Å². The van der Waals surface area contributed by atoms with Crippen molar-refractivity contribution in [3.05, 3.63) is 0 Å². The van der Waals surface area contributed by atoms with E-state index in [1.165, 1.54) is 0 Å². The molecule has 0 fully saturated rings. The summed E-state index contributed by atoms with van der Waals surface area (Å²) in [5, 5.41) is 3.78. The molecule has 1 atom stereocenters. The van der Waals surface area contributed by atoms with Crippen molar-refractivity contribution >= 4 is 17.7 Å². The van der Waals surface area contributed by atoms with Gasteiger partial charge < -0.3 is 10.1 Å². The van der Waals surface area contributed by atoms with Gasteiger partial charge in [0, 0.05) is 11.8 Å². The second kappa shape index (κ2) is 7.96. The van der Waals surface area contributed by atoms with Crippen LogP contribution in [0.1, 0.15) is 41.5 Å². The molecule has 3 nitrogen and oxygen atoms in total. The summed E-state index contributed by atoms with van der Waals surface area (Å²) >= 11 is 1.77. The number of hydrogen-bond donors (Lipinski definition) is 1. The molecule has 0 saturated carbocycles. The Morgan fingerprint density at radius 1 is 1.19 bits per heavy atom. The van der Waals surface area contributed by atoms with Crippen molar-refractivity contribution in [2.75, 3.05) is 5.75 Å². The van der Waals surface area contributed by atoms with Gasteiger partial charge in [-0.2, -0.15) is 11.8 Å². The molecule has 0 spiro atoms. The van der Waals surface area contributed by atoms with Gasteiger partial charge in [-0.1, -0.05) is 27.7 Å². The Hall–Kier alpha value is -0.220. The molecule has 96 valence electrons. The lowest BCUT2D eigenvalue weighted by atomic mass is 10.3. The average Bonchev–Trinajstić information content (AvgIpc) is 2.09. The molecular weight excluding hydrogens is 222 g/mol. The van der Waals surface area contributed by atoms with Crippen LogP contribution in [0.3, 0.4) is 0 Å². The zero-order valence-corrected chi connectivity index (χ0v) is 12.1. The Balaban J connectivity index is 4.23. The summed E-state index contributed by atoms with van der Waals surface area (Å²) < 4.78 is 5.23. The topological polar surface area (TPSA) is 38.3 Å². The molecule has 0 aliphatic rings. The molecule has 0 heterocycles. The molecule has 0 saturated heterocycles. The molecule has 16 heavy (non-hydrogen) atoms. The van der Waals surface area contributed by atoms with Gasteiger partial charge in [0.05, 0.1) is 6.10 Å². The van der Waals surface area contributed by atoms with Crippen molar-refractivity contribution in [3.8, 4) is 0 Å². The predicted molar refractivity (Wildman–Crippen MR) is 70.9 cm³/mol. The number of carbonyl (C=O) groups excluding carboxylic acids is 1. The molecule has 0 unspecified atom stereocenters. The number of hydrogen-bond acceptors (Lipinski definition) is 4. The van der Waals surface area contributed by atoms with Crippen molar-refractivity contribution < 1.29 is 9.53 Å². The zero-order valence-electron chi connectivity index (χ0n) is 11.2. The van der Waals surface area contributed by atoms with E-state index in [9.17, 15) is 4.79 Å². The monoisotopic (exact) mass is 247 g/mol. The van der Waals surface area contributed by atoms with Crippen LogP contribution in [0.25, 0.3) is 0 Å². The number of thioether (sulfide) groups is 1. The fraction of sp³-hybridized carbons (Fsp3) is 0.917. The molecule has 0 aliphatic heterocycles. The van der Waals surface area contributed by atoms with Gasteiger partial charge in [-0.15, -0.1) is 0 Å². The SMILES string of the molecule is CC(C)N[C@@H](CSC(C)C)C(=O)OC(C)C. The van der Waals surface area contributed by atoms with Crippen molar-refractivity contribution in [2.24, 2.45) is 0 Å². The first-order chi connectivity index (χ1) is 7.32. The fourth-order valence-corrected chi connectivity index (χ4v) is 2.00. The van der Waals surface area contributed by atoms with Gasteiger partial charge in [0.15, 0.2) is 0 Å². The van der Waals surface area contributed by atoms with E-state index in [1.54, 1.807) is 11.8 Å². The second-order valence-corrected chi connectivity index (χ2v) is 6.35. The normalized spacial score (nSPS) is 13.6. The summed E-state index contributed by atoms with van der Waals surface area (Å²) in [5.41, 5.74) is 0. The number of esters is 1. The van der Waals surface area contributed by atoms with E-state index in [-0.39, 0.29) is 24.2 Å². The van der Waals surface area contributed by atoms with E-state index in [2.05, 4.69) is 19.2 Å². The van der Waals surface area contributed by atoms with Gasteiger partial charge in [-0.3, -0.25) is 4.79 Å². The van der Waals surface area contributed by atoms with Crippen molar-refractivity contribution in [3.63, 3.8) is 0 Å². The lowest BCUT2D eigenvalue weighted by molar-refractivity contribution is -0.149. The van der Waals surface area contributed by atoms with Crippen LogP contribution in [0.4, 0.5) is 0 Å². The van der Waals surface area contributed by atoms with Crippen LogP contribution in [-0.4, -0.2) is 35.2 Å². The van der Waals surface area contributed by atoms with E-state index in [4.69, 9.17) is 4.74 Å². The van der Waals surface area contributed by atoms with Crippen molar-refractivity contribution in [2.45, 2.75) is 65.0 Å². The minimum absolute atomic E-state index is 0.0481. The molecule has 0 aromatic carbocycles. The van der Waals surface area contributed by atoms with Gasteiger partial charge in [0.1, 0.15) is 6.04 Å². The molecule has 0 aromatic heterocycles. The third-order valence-corrected chi connectivity index (χ3v) is 2.96. The minimum Gasteiger partial charge on any atom is -0.462 e. The third kappa shape index (κ3) is 7.99. The highest BCUT2D eigenvalue weighted by Crippen LogP contribution is 2.12. The first kappa shape index (κ1) is 15.8. The number of rotatable bonds is 7. The van der Waals surface area contributed by atoms with Gasteiger partial charge in [-0.05, 0) is 19.1 Å². The number of nitrogens with one attached hydrogen (secondary N) is 1. The van der Waals surface area contributed by atoms with Crippen LogP contribution in [-0.2, 0) is 9.53 Å². The third-order valence-electron chi connectivity index (χ3n) is 1.77. The lowest BCUT2D eigenvalue weighted by Crippen LogP contribution is -2.44. The molecule has 0 rings (SSSR count). The fourth-order valence-electron chi connectivity index (χ4n) is 1.19. The summed E-state index contributed by atoms with van der Waals surface area (Å²) in [6.45, 7) is 12.1. The highest BCUT2D eigenvalue weighted by Gasteiger charge is 2.21. The van der Waals surface area contributed by atoms with Crippen molar-refractivity contribution in [1.82, 2.24) is 5.32 Å². The Morgan fingerprint density at radius 2 is 1.75 bits per heavy atom.